The summed E-state index contributed by atoms with van der Waals surface area (Å²) in [5.74, 6) is 0. The molecule has 0 saturated carbocycles. The van der Waals surface area contributed by atoms with Crippen LogP contribution in [0.5, 0.6) is 0 Å². The van der Waals surface area contributed by atoms with Crippen LogP contribution in [0, 0.1) is 0 Å². The number of phosphoric acid groups is 1. The highest BCUT2D eigenvalue weighted by atomic mass is 31.2. The van der Waals surface area contributed by atoms with E-state index >= 15 is 0 Å². The molecule has 1 aromatic carbocycles. The molecule has 16 heavy (non-hydrogen) atoms. The minimum absolute atomic E-state index is 0.285. The molecule has 0 bridgehead atoms. The van der Waals surface area contributed by atoms with Crippen LogP contribution in [0.2, 0.25) is 0 Å². The van der Waals surface area contributed by atoms with Gasteiger partial charge in [-0.15, -0.1) is 0 Å². The van der Waals surface area contributed by atoms with Gasteiger partial charge < -0.3 is 0 Å². The molecule has 0 aliphatic heterocycles. The molecule has 5 heteroatoms. The van der Waals surface area contributed by atoms with E-state index in [1.54, 1.807) is 0 Å². The van der Waals surface area contributed by atoms with Crippen LogP contribution in [0.1, 0.15) is 25.0 Å². The number of hydrogen-bond donors (Lipinski definition) is 0. The summed E-state index contributed by atoms with van der Waals surface area (Å²) >= 11 is 0. The third-order valence-electron chi connectivity index (χ3n) is 2.25. The Hall–Kier alpha value is -0.670. The van der Waals surface area contributed by atoms with Crippen LogP contribution in [0.4, 0.5) is 0 Å². The average Bonchev–Trinajstić information content (AvgIpc) is 2.36. The Balaban J connectivity index is 2.81. The summed E-state index contributed by atoms with van der Waals surface area (Å²) < 4.78 is 26.7. The largest absolute Gasteiger partial charge is 0.474 e. The van der Waals surface area contributed by atoms with Crippen molar-refractivity contribution >= 4 is 7.82 Å². The van der Waals surface area contributed by atoms with Gasteiger partial charge in [0, 0.05) is 14.2 Å². The predicted molar refractivity (Wildman–Crippen MR) is 62.2 cm³/mol. The van der Waals surface area contributed by atoms with Gasteiger partial charge in [-0.3, -0.25) is 13.6 Å². The molecule has 0 aliphatic carbocycles. The summed E-state index contributed by atoms with van der Waals surface area (Å²) in [6.07, 6.45) is 0.410. The summed E-state index contributed by atoms with van der Waals surface area (Å²) in [6.45, 7) is 1.95. The van der Waals surface area contributed by atoms with Crippen molar-refractivity contribution in [3.05, 3.63) is 35.9 Å². The van der Waals surface area contributed by atoms with E-state index in [2.05, 4.69) is 0 Å². The van der Waals surface area contributed by atoms with Gasteiger partial charge in [-0.2, -0.15) is 0 Å². The van der Waals surface area contributed by atoms with Crippen molar-refractivity contribution < 1.29 is 18.1 Å². The molecule has 4 nitrogen and oxygen atoms in total. The third kappa shape index (κ3) is 3.42. The van der Waals surface area contributed by atoms with Gasteiger partial charge in [0.1, 0.15) is 0 Å². The van der Waals surface area contributed by atoms with Gasteiger partial charge in [0.15, 0.2) is 0 Å². The Morgan fingerprint density at radius 1 is 1.19 bits per heavy atom. The number of phosphoric ester groups is 1. The second-order valence-corrected chi connectivity index (χ2v) is 5.06. The lowest BCUT2D eigenvalue weighted by atomic mass is 10.1. The Morgan fingerprint density at radius 3 is 2.19 bits per heavy atom. The second-order valence-electron chi connectivity index (χ2n) is 3.23. The molecule has 1 atom stereocenters. The zero-order chi connectivity index (χ0) is 12.0. The highest BCUT2D eigenvalue weighted by Gasteiger charge is 2.27. The monoisotopic (exact) mass is 244 g/mol. The molecule has 0 spiro atoms. The van der Waals surface area contributed by atoms with E-state index in [1.165, 1.54) is 14.2 Å². The molecule has 0 N–H and O–H groups in total. The maximum atomic E-state index is 11.8. The standard InChI is InChI=1S/C11H17O4P/c1-4-11(10-8-6-5-7-9-10)15-16(12,13-2)14-3/h5-9,11H,4H2,1-3H3/t11-/m0/s1. The van der Waals surface area contributed by atoms with Gasteiger partial charge >= 0.3 is 7.82 Å². The van der Waals surface area contributed by atoms with Crippen molar-refractivity contribution in [3.63, 3.8) is 0 Å². The third-order valence-corrected chi connectivity index (χ3v) is 3.65. The van der Waals surface area contributed by atoms with E-state index in [0.29, 0.717) is 6.42 Å². The van der Waals surface area contributed by atoms with Crippen molar-refractivity contribution in [2.75, 3.05) is 14.2 Å². The fourth-order valence-electron chi connectivity index (χ4n) is 1.36. The quantitative estimate of drug-likeness (QED) is 0.718. The van der Waals surface area contributed by atoms with Crippen molar-refractivity contribution in [1.82, 2.24) is 0 Å². The molecule has 0 fully saturated rings. The molecule has 0 aromatic heterocycles. The Kier molecular flexibility index (Phi) is 5.16. The molecular formula is C11H17O4P. The minimum atomic E-state index is -3.42. The molecule has 0 unspecified atom stereocenters. The zero-order valence-corrected chi connectivity index (χ0v) is 10.6. The maximum Gasteiger partial charge on any atom is 0.474 e. The van der Waals surface area contributed by atoms with Crippen LogP contribution in [0.25, 0.3) is 0 Å². The van der Waals surface area contributed by atoms with E-state index in [-0.39, 0.29) is 6.10 Å². The van der Waals surface area contributed by atoms with Crippen LogP contribution in [-0.4, -0.2) is 14.2 Å². The summed E-state index contributed by atoms with van der Waals surface area (Å²) in [5.41, 5.74) is 0.958. The first-order valence-electron chi connectivity index (χ1n) is 5.10. The molecule has 90 valence electrons. The van der Waals surface area contributed by atoms with Gasteiger partial charge in [-0.05, 0) is 12.0 Å². The van der Waals surface area contributed by atoms with Crippen molar-refractivity contribution in [2.24, 2.45) is 0 Å². The Morgan fingerprint density at radius 2 is 1.75 bits per heavy atom. The minimum Gasteiger partial charge on any atom is -0.290 e. The predicted octanol–water partition coefficient (Wildman–Crippen LogP) is 3.56. The fraction of sp³-hybridized carbons (Fsp3) is 0.455. The number of benzene rings is 1. The van der Waals surface area contributed by atoms with Gasteiger partial charge in [0.2, 0.25) is 0 Å². The van der Waals surface area contributed by atoms with Crippen LogP contribution < -0.4 is 0 Å². The van der Waals surface area contributed by atoms with Crippen LogP contribution in [-0.2, 0) is 18.1 Å². The normalized spacial score (nSPS) is 13.7. The van der Waals surface area contributed by atoms with E-state index in [1.807, 2.05) is 37.3 Å². The van der Waals surface area contributed by atoms with Gasteiger partial charge in [0.25, 0.3) is 0 Å². The lowest BCUT2D eigenvalue weighted by Crippen LogP contribution is -2.03. The average molecular weight is 244 g/mol. The van der Waals surface area contributed by atoms with E-state index in [4.69, 9.17) is 13.6 Å². The molecular weight excluding hydrogens is 227 g/mol. The summed E-state index contributed by atoms with van der Waals surface area (Å²) in [5, 5.41) is 0. The molecule has 1 rings (SSSR count). The second kappa shape index (κ2) is 6.16. The van der Waals surface area contributed by atoms with Crippen LogP contribution in [0.3, 0.4) is 0 Å². The molecule has 0 aliphatic rings. The topological polar surface area (TPSA) is 44.8 Å². The summed E-state index contributed by atoms with van der Waals surface area (Å²) in [4.78, 5) is 0. The fourth-order valence-corrected chi connectivity index (χ4v) is 2.26. The maximum absolute atomic E-state index is 11.8. The lowest BCUT2D eigenvalue weighted by molar-refractivity contribution is 0.102. The first-order chi connectivity index (χ1) is 7.65. The van der Waals surface area contributed by atoms with Gasteiger partial charge in [-0.1, -0.05) is 37.3 Å². The van der Waals surface area contributed by atoms with Crippen molar-refractivity contribution in [2.45, 2.75) is 19.4 Å². The number of rotatable bonds is 6. The Bertz CT molecular complexity index is 344. The molecule has 0 radical (unpaired) electrons. The van der Waals surface area contributed by atoms with Crippen molar-refractivity contribution in [3.8, 4) is 0 Å². The first-order valence-corrected chi connectivity index (χ1v) is 6.56. The zero-order valence-electron chi connectivity index (χ0n) is 9.75. The van der Waals surface area contributed by atoms with Gasteiger partial charge in [0.05, 0.1) is 6.10 Å². The smallest absolute Gasteiger partial charge is 0.290 e. The van der Waals surface area contributed by atoms with Crippen LogP contribution in [0.15, 0.2) is 30.3 Å². The SMILES string of the molecule is CC[C@H](OP(=O)(OC)OC)c1ccccc1. The number of hydrogen-bond acceptors (Lipinski definition) is 4. The van der Waals surface area contributed by atoms with E-state index in [0.717, 1.165) is 5.56 Å². The van der Waals surface area contributed by atoms with Crippen molar-refractivity contribution in [1.29, 1.82) is 0 Å². The molecule has 0 saturated heterocycles. The highest BCUT2D eigenvalue weighted by Crippen LogP contribution is 2.52. The molecule has 0 heterocycles. The highest BCUT2D eigenvalue weighted by molar-refractivity contribution is 7.48. The summed E-state index contributed by atoms with van der Waals surface area (Å²) in [6, 6.07) is 9.58. The lowest BCUT2D eigenvalue weighted by Gasteiger charge is -2.20. The van der Waals surface area contributed by atoms with Gasteiger partial charge in [-0.25, -0.2) is 4.57 Å². The first kappa shape index (κ1) is 13.4. The molecule has 0 amide bonds. The Labute approximate surface area is 96.1 Å². The van der Waals surface area contributed by atoms with Crippen LogP contribution >= 0.6 is 7.82 Å². The molecule has 1 aromatic rings. The van der Waals surface area contributed by atoms with E-state index < -0.39 is 7.82 Å². The summed E-state index contributed by atoms with van der Waals surface area (Å²) in [7, 11) is -0.804. The van der Waals surface area contributed by atoms with E-state index in [9.17, 15) is 4.57 Å².